The summed E-state index contributed by atoms with van der Waals surface area (Å²) in [5.74, 6) is 0.0396. The molecule has 1 saturated carbocycles. The smallest absolute Gasteiger partial charge is 0.242 e. The third-order valence-corrected chi connectivity index (χ3v) is 3.91. The summed E-state index contributed by atoms with van der Waals surface area (Å²) in [4.78, 5) is 14.3. The highest BCUT2D eigenvalue weighted by Crippen LogP contribution is 2.30. The zero-order valence-corrected chi connectivity index (χ0v) is 11.1. The molecule has 0 heterocycles. The first-order chi connectivity index (χ1) is 8.09. The summed E-state index contributed by atoms with van der Waals surface area (Å²) >= 11 is 0. The number of aliphatic hydroxyl groups excluding tert-OH is 1. The van der Waals surface area contributed by atoms with Gasteiger partial charge in [-0.15, -0.1) is 0 Å². The van der Waals surface area contributed by atoms with Crippen molar-refractivity contribution in [2.75, 3.05) is 13.2 Å². The van der Waals surface area contributed by atoms with Crippen molar-refractivity contribution in [1.29, 1.82) is 0 Å². The van der Waals surface area contributed by atoms with Crippen LogP contribution in [-0.4, -0.2) is 40.6 Å². The van der Waals surface area contributed by atoms with E-state index < -0.39 is 5.54 Å². The summed E-state index contributed by atoms with van der Waals surface area (Å²) < 4.78 is 0. The summed E-state index contributed by atoms with van der Waals surface area (Å²) in [6.07, 6.45) is 5.48. The van der Waals surface area contributed by atoms with Gasteiger partial charge in [0.2, 0.25) is 5.91 Å². The highest BCUT2D eigenvalue weighted by Gasteiger charge is 2.41. The second-order valence-corrected chi connectivity index (χ2v) is 5.06. The fourth-order valence-electron chi connectivity index (χ4n) is 2.79. The first-order valence-electron chi connectivity index (χ1n) is 6.79. The molecule has 0 saturated heterocycles. The lowest BCUT2D eigenvalue weighted by atomic mass is 9.95. The first kappa shape index (κ1) is 14.5. The maximum absolute atomic E-state index is 12.5. The minimum absolute atomic E-state index is 0.0122. The van der Waals surface area contributed by atoms with Crippen LogP contribution in [0.5, 0.6) is 0 Å². The van der Waals surface area contributed by atoms with E-state index >= 15 is 0 Å². The number of amides is 1. The Balaban J connectivity index is 2.78. The molecule has 0 aromatic carbocycles. The summed E-state index contributed by atoms with van der Waals surface area (Å²) in [6, 6.07) is 0.204. The van der Waals surface area contributed by atoms with Crippen LogP contribution in [0.2, 0.25) is 0 Å². The van der Waals surface area contributed by atoms with Crippen LogP contribution in [0, 0.1) is 0 Å². The minimum Gasteiger partial charge on any atom is -0.395 e. The van der Waals surface area contributed by atoms with E-state index in [-0.39, 0.29) is 18.6 Å². The molecule has 1 amide bonds. The van der Waals surface area contributed by atoms with Crippen LogP contribution in [0.3, 0.4) is 0 Å². The molecule has 0 radical (unpaired) electrons. The van der Waals surface area contributed by atoms with E-state index in [9.17, 15) is 4.79 Å². The summed E-state index contributed by atoms with van der Waals surface area (Å²) in [7, 11) is 0. The molecular weight excluding hydrogens is 216 g/mol. The molecule has 0 aliphatic heterocycles. The summed E-state index contributed by atoms with van der Waals surface area (Å²) in [5.41, 5.74) is 5.54. The Labute approximate surface area is 104 Å². The molecule has 1 rings (SSSR count). The molecule has 4 heteroatoms. The van der Waals surface area contributed by atoms with Gasteiger partial charge in [0.1, 0.15) is 0 Å². The van der Waals surface area contributed by atoms with E-state index in [1.165, 1.54) is 0 Å². The Kier molecular flexibility index (Phi) is 5.40. The molecule has 3 N–H and O–H groups in total. The number of hydrogen-bond donors (Lipinski definition) is 2. The lowest BCUT2D eigenvalue weighted by Gasteiger charge is -2.36. The van der Waals surface area contributed by atoms with Gasteiger partial charge in [-0.1, -0.05) is 26.7 Å². The van der Waals surface area contributed by atoms with E-state index in [2.05, 4.69) is 13.8 Å². The minimum atomic E-state index is -0.669. The number of rotatable bonds is 6. The van der Waals surface area contributed by atoms with Crippen molar-refractivity contribution in [3.8, 4) is 0 Å². The maximum Gasteiger partial charge on any atom is 0.242 e. The van der Waals surface area contributed by atoms with Crippen molar-refractivity contribution < 1.29 is 9.90 Å². The van der Waals surface area contributed by atoms with Crippen molar-refractivity contribution >= 4 is 5.91 Å². The molecule has 1 aliphatic carbocycles. The topological polar surface area (TPSA) is 66.6 Å². The van der Waals surface area contributed by atoms with Gasteiger partial charge in [-0.25, -0.2) is 0 Å². The van der Waals surface area contributed by atoms with Crippen LogP contribution in [0.25, 0.3) is 0 Å². The van der Waals surface area contributed by atoms with Gasteiger partial charge >= 0.3 is 0 Å². The Bertz CT molecular complexity index is 246. The molecule has 1 aliphatic rings. The summed E-state index contributed by atoms with van der Waals surface area (Å²) in [5, 5.41) is 9.12. The fourth-order valence-corrected chi connectivity index (χ4v) is 2.79. The Morgan fingerprint density at radius 1 is 1.35 bits per heavy atom. The van der Waals surface area contributed by atoms with Gasteiger partial charge in [0.15, 0.2) is 0 Å². The largest absolute Gasteiger partial charge is 0.395 e. The van der Waals surface area contributed by atoms with Crippen LogP contribution in [0.1, 0.15) is 52.4 Å². The van der Waals surface area contributed by atoms with Crippen LogP contribution in [0.15, 0.2) is 0 Å². The average Bonchev–Trinajstić information content (AvgIpc) is 2.77. The van der Waals surface area contributed by atoms with E-state index in [4.69, 9.17) is 10.8 Å². The number of hydrogen-bond acceptors (Lipinski definition) is 3. The molecule has 0 aromatic rings. The monoisotopic (exact) mass is 242 g/mol. The molecular formula is C13H26N2O2. The molecule has 100 valence electrons. The van der Waals surface area contributed by atoms with Crippen molar-refractivity contribution in [3.05, 3.63) is 0 Å². The standard InChI is InChI=1S/C13H26N2O2/c1-3-11(4-2)15(9-10-16)12(17)13(14)7-5-6-8-13/h11,16H,3-10,14H2,1-2H3. The number of nitrogens with two attached hydrogens (primary N) is 1. The van der Waals surface area contributed by atoms with E-state index in [0.29, 0.717) is 6.54 Å². The molecule has 0 spiro atoms. The number of nitrogens with zero attached hydrogens (tertiary/aromatic N) is 1. The van der Waals surface area contributed by atoms with Crippen LogP contribution >= 0.6 is 0 Å². The van der Waals surface area contributed by atoms with Gasteiger partial charge in [-0.2, -0.15) is 0 Å². The molecule has 0 bridgehead atoms. The quantitative estimate of drug-likeness (QED) is 0.737. The molecule has 4 nitrogen and oxygen atoms in total. The molecule has 1 fully saturated rings. The zero-order chi connectivity index (χ0) is 12.9. The van der Waals surface area contributed by atoms with Crippen LogP contribution in [0.4, 0.5) is 0 Å². The predicted octanol–water partition coefficient (Wildman–Crippen LogP) is 1.27. The third kappa shape index (κ3) is 3.19. The molecule has 17 heavy (non-hydrogen) atoms. The van der Waals surface area contributed by atoms with Crippen molar-refractivity contribution in [1.82, 2.24) is 4.90 Å². The average molecular weight is 242 g/mol. The van der Waals surface area contributed by atoms with Gasteiger partial charge in [-0.05, 0) is 25.7 Å². The SMILES string of the molecule is CCC(CC)N(CCO)C(=O)C1(N)CCCC1. The Morgan fingerprint density at radius 2 is 1.88 bits per heavy atom. The Hall–Kier alpha value is -0.610. The molecule has 0 aromatic heterocycles. The second kappa shape index (κ2) is 6.36. The van der Waals surface area contributed by atoms with Crippen molar-refractivity contribution in [2.24, 2.45) is 5.73 Å². The van der Waals surface area contributed by atoms with Gasteiger partial charge in [-0.3, -0.25) is 4.79 Å². The third-order valence-electron chi connectivity index (χ3n) is 3.91. The summed E-state index contributed by atoms with van der Waals surface area (Å²) in [6.45, 7) is 4.57. The van der Waals surface area contributed by atoms with Crippen LogP contribution < -0.4 is 5.73 Å². The van der Waals surface area contributed by atoms with Crippen molar-refractivity contribution in [2.45, 2.75) is 64.0 Å². The van der Waals surface area contributed by atoms with Gasteiger partial charge < -0.3 is 15.7 Å². The van der Waals surface area contributed by atoms with Gasteiger partial charge in [0, 0.05) is 12.6 Å². The van der Waals surface area contributed by atoms with Crippen LogP contribution in [-0.2, 0) is 4.79 Å². The maximum atomic E-state index is 12.5. The number of carbonyl (C=O) groups is 1. The van der Waals surface area contributed by atoms with Gasteiger partial charge in [0.25, 0.3) is 0 Å². The highest BCUT2D eigenvalue weighted by molar-refractivity contribution is 5.86. The molecule has 0 unspecified atom stereocenters. The highest BCUT2D eigenvalue weighted by atomic mass is 16.3. The van der Waals surface area contributed by atoms with E-state index in [0.717, 1.165) is 38.5 Å². The van der Waals surface area contributed by atoms with E-state index in [1.54, 1.807) is 4.90 Å². The molecule has 0 atom stereocenters. The first-order valence-corrected chi connectivity index (χ1v) is 6.79. The normalized spacial score (nSPS) is 18.6. The van der Waals surface area contributed by atoms with Crippen molar-refractivity contribution in [3.63, 3.8) is 0 Å². The number of carbonyl (C=O) groups excluding carboxylic acids is 1. The fraction of sp³-hybridized carbons (Fsp3) is 0.923. The lowest BCUT2D eigenvalue weighted by Crippen LogP contribution is -2.56. The van der Waals surface area contributed by atoms with E-state index in [1.807, 2.05) is 0 Å². The zero-order valence-electron chi connectivity index (χ0n) is 11.1. The predicted molar refractivity (Wildman–Crippen MR) is 68.6 cm³/mol. The Morgan fingerprint density at radius 3 is 2.29 bits per heavy atom. The number of aliphatic hydroxyl groups is 1. The lowest BCUT2D eigenvalue weighted by molar-refractivity contribution is -0.140. The second-order valence-electron chi connectivity index (χ2n) is 5.06. The van der Waals surface area contributed by atoms with Gasteiger partial charge in [0.05, 0.1) is 12.1 Å².